The van der Waals surface area contributed by atoms with Crippen molar-refractivity contribution in [2.24, 2.45) is 0 Å². The van der Waals surface area contributed by atoms with E-state index in [1.165, 1.54) is 5.39 Å². The maximum absolute atomic E-state index is 5.20. The van der Waals surface area contributed by atoms with Crippen molar-refractivity contribution in [3.63, 3.8) is 0 Å². The number of fused-ring (bicyclic) bond motifs is 1. The smallest absolute Gasteiger partial charge is 0.221 e. The number of aryl methyl sites for hydroxylation is 1. The predicted octanol–water partition coefficient (Wildman–Crippen LogP) is 2.55. The van der Waals surface area contributed by atoms with E-state index in [1.807, 2.05) is 25.1 Å². The molecule has 0 unspecified atom stereocenters. The maximum Gasteiger partial charge on any atom is 0.221 e. The number of benzene rings is 1. The van der Waals surface area contributed by atoms with Gasteiger partial charge in [-0.1, -0.05) is 18.2 Å². The topological polar surface area (TPSA) is 22.1 Å². The highest BCUT2D eigenvalue weighted by molar-refractivity contribution is 5.87. The Kier molecular flexibility index (Phi) is 1.89. The van der Waals surface area contributed by atoms with Crippen molar-refractivity contribution in [3.8, 4) is 5.88 Å². The molecule has 1 heterocycles. The molecular formula is C11H11NO. The fraction of sp³-hybridized carbons (Fsp3) is 0.182. The van der Waals surface area contributed by atoms with Crippen molar-refractivity contribution in [3.05, 3.63) is 36.0 Å². The van der Waals surface area contributed by atoms with Crippen LogP contribution in [-0.2, 0) is 0 Å². The zero-order valence-electron chi connectivity index (χ0n) is 7.74. The van der Waals surface area contributed by atoms with Gasteiger partial charge in [-0.15, -0.1) is 0 Å². The number of ether oxygens (including phenoxy) is 1. The summed E-state index contributed by atoms with van der Waals surface area (Å²) in [5, 5.41) is 2.24. The third-order valence-electron chi connectivity index (χ3n) is 2.03. The van der Waals surface area contributed by atoms with Gasteiger partial charge in [0, 0.05) is 11.1 Å². The van der Waals surface area contributed by atoms with E-state index in [1.54, 1.807) is 7.11 Å². The predicted molar refractivity (Wildman–Crippen MR) is 53.0 cm³/mol. The molecule has 0 N–H and O–H groups in total. The van der Waals surface area contributed by atoms with E-state index in [9.17, 15) is 0 Å². The van der Waals surface area contributed by atoms with Crippen molar-refractivity contribution in [2.75, 3.05) is 7.11 Å². The number of hydrogen-bond acceptors (Lipinski definition) is 2. The Bertz CT molecular complexity index is 437. The summed E-state index contributed by atoms with van der Waals surface area (Å²) >= 11 is 0. The second-order valence-corrected chi connectivity index (χ2v) is 2.99. The van der Waals surface area contributed by atoms with Gasteiger partial charge in [0.2, 0.25) is 5.88 Å². The van der Waals surface area contributed by atoms with Crippen molar-refractivity contribution < 1.29 is 4.74 Å². The SMILES string of the molecule is COc1nc(C)cc2ccccc12. The highest BCUT2D eigenvalue weighted by atomic mass is 16.5. The third kappa shape index (κ3) is 1.35. The second-order valence-electron chi connectivity index (χ2n) is 2.99. The van der Waals surface area contributed by atoms with Crippen molar-refractivity contribution in [2.45, 2.75) is 6.92 Å². The van der Waals surface area contributed by atoms with Crippen LogP contribution in [0.25, 0.3) is 10.8 Å². The van der Waals surface area contributed by atoms with Crippen molar-refractivity contribution in [1.82, 2.24) is 4.98 Å². The monoisotopic (exact) mass is 173 g/mol. The van der Waals surface area contributed by atoms with Crippen LogP contribution in [0.4, 0.5) is 0 Å². The van der Waals surface area contributed by atoms with E-state index >= 15 is 0 Å². The highest BCUT2D eigenvalue weighted by Crippen LogP contribution is 2.23. The molecule has 1 aromatic carbocycles. The molecule has 0 saturated carbocycles. The number of nitrogens with zero attached hydrogens (tertiary/aromatic N) is 1. The maximum atomic E-state index is 5.20. The van der Waals surface area contributed by atoms with Gasteiger partial charge in [-0.05, 0) is 24.4 Å². The molecule has 2 nitrogen and oxygen atoms in total. The largest absolute Gasteiger partial charge is 0.481 e. The molecule has 13 heavy (non-hydrogen) atoms. The van der Waals surface area contributed by atoms with Crippen LogP contribution in [0.5, 0.6) is 5.88 Å². The number of methoxy groups -OCH3 is 1. The lowest BCUT2D eigenvalue weighted by Crippen LogP contribution is -1.91. The van der Waals surface area contributed by atoms with Gasteiger partial charge < -0.3 is 4.74 Å². The van der Waals surface area contributed by atoms with Crippen LogP contribution in [0, 0.1) is 6.92 Å². The highest BCUT2D eigenvalue weighted by Gasteiger charge is 2.02. The first-order valence-electron chi connectivity index (χ1n) is 4.21. The average Bonchev–Trinajstić information content (AvgIpc) is 2.16. The molecule has 0 amide bonds. The standard InChI is InChI=1S/C11H11NO/c1-8-7-9-5-3-4-6-10(9)11(12-8)13-2/h3-7H,1-2H3. The normalized spacial score (nSPS) is 10.3. The quantitative estimate of drug-likeness (QED) is 0.661. The van der Waals surface area contributed by atoms with Crippen LogP contribution in [0.3, 0.4) is 0 Å². The van der Waals surface area contributed by atoms with Gasteiger partial charge in [0.25, 0.3) is 0 Å². The van der Waals surface area contributed by atoms with Crippen molar-refractivity contribution in [1.29, 1.82) is 0 Å². The Hall–Kier alpha value is -1.57. The summed E-state index contributed by atoms with van der Waals surface area (Å²) in [4.78, 5) is 4.30. The fourth-order valence-electron chi connectivity index (χ4n) is 1.45. The van der Waals surface area contributed by atoms with Crippen LogP contribution in [0.1, 0.15) is 5.69 Å². The molecule has 66 valence electrons. The van der Waals surface area contributed by atoms with Gasteiger partial charge >= 0.3 is 0 Å². The molecule has 0 aliphatic carbocycles. The first-order chi connectivity index (χ1) is 6.31. The molecule has 0 fully saturated rings. The minimum atomic E-state index is 0.704. The van der Waals surface area contributed by atoms with Crippen molar-refractivity contribution >= 4 is 10.8 Å². The van der Waals surface area contributed by atoms with Gasteiger partial charge in [-0.25, -0.2) is 4.98 Å². The summed E-state index contributed by atoms with van der Waals surface area (Å²) in [6.07, 6.45) is 0. The minimum absolute atomic E-state index is 0.704. The van der Waals surface area contributed by atoms with E-state index in [0.717, 1.165) is 11.1 Å². The van der Waals surface area contributed by atoms with Crippen LogP contribution >= 0.6 is 0 Å². The summed E-state index contributed by atoms with van der Waals surface area (Å²) in [6, 6.07) is 10.1. The summed E-state index contributed by atoms with van der Waals surface area (Å²) in [5.74, 6) is 0.704. The third-order valence-corrected chi connectivity index (χ3v) is 2.03. The molecule has 0 saturated heterocycles. The molecule has 0 bridgehead atoms. The van der Waals surface area contributed by atoms with Gasteiger partial charge in [0.1, 0.15) is 0 Å². The molecule has 0 atom stereocenters. The van der Waals surface area contributed by atoms with E-state index < -0.39 is 0 Å². The van der Waals surface area contributed by atoms with Gasteiger partial charge in [-0.2, -0.15) is 0 Å². The lowest BCUT2D eigenvalue weighted by atomic mass is 10.1. The van der Waals surface area contributed by atoms with E-state index in [0.29, 0.717) is 5.88 Å². The fourth-order valence-corrected chi connectivity index (χ4v) is 1.45. The molecule has 0 aliphatic heterocycles. The summed E-state index contributed by atoms with van der Waals surface area (Å²) in [7, 11) is 1.65. The molecule has 0 aliphatic rings. The Morgan fingerprint density at radius 1 is 1.23 bits per heavy atom. The molecule has 2 rings (SSSR count). The number of rotatable bonds is 1. The lowest BCUT2D eigenvalue weighted by Gasteiger charge is -2.04. The summed E-state index contributed by atoms with van der Waals surface area (Å²) in [5.41, 5.74) is 0.982. The Morgan fingerprint density at radius 3 is 2.77 bits per heavy atom. The Balaban J connectivity index is 2.81. The Morgan fingerprint density at radius 2 is 2.00 bits per heavy atom. The Labute approximate surface area is 77.2 Å². The van der Waals surface area contributed by atoms with Gasteiger partial charge in [-0.3, -0.25) is 0 Å². The summed E-state index contributed by atoms with van der Waals surface area (Å²) in [6.45, 7) is 1.97. The van der Waals surface area contributed by atoms with Crippen LogP contribution in [0.2, 0.25) is 0 Å². The van der Waals surface area contributed by atoms with E-state index in [-0.39, 0.29) is 0 Å². The van der Waals surface area contributed by atoms with Gasteiger partial charge in [0.15, 0.2) is 0 Å². The minimum Gasteiger partial charge on any atom is -0.481 e. The van der Waals surface area contributed by atoms with Crippen LogP contribution in [0.15, 0.2) is 30.3 Å². The molecular weight excluding hydrogens is 162 g/mol. The van der Waals surface area contributed by atoms with E-state index in [4.69, 9.17) is 4.74 Å². The molecule has 1 aromatic heterocycles. The van der Waals surface area contributed by atoms with Gasteiger partial charge in [0.05, 0.1) is 7.11 Å². The zero-order chi connectivity index (χ0) is 9.26. The molecule has 0 radical (unpaired) electrons. The number of hydrogen-bond donors (Lipinski definition) is 0. The number of pyridine rings is 1. The number of aromatic nitrogens is 1. The molecule has 2 aromatic rings. The van der Waals surface area contributed by atoms with Crippen LogP contribution in [-0.4, -0.2) is 12.1 Å². The lowest BCUT2D eigenvalue weighted by molar-refractivity contribution is 0.402. The van der Waals surface area contributed by atoms with Crippen LogP contribution < -0.4 is 4.74 Å². The first kappa shape index (κ1) is 8.05. The zero-order valence-corrected chi connectivity index (χ0v) is 7.74. The molecule has 2 heteroatoms. The average molecular weight is 173 g/mol. The molecule has 0 spiro atoms. The van der Waals surface area contributed by atoms with E-state index in [2.05, 4.69) is 17.1 Å². The summed E-state index contributed by atoms with van der Waals surface area (Å²) < 4.78 is 5.20. The second kappa shape index (κ2) is 3.05. The first-order valence-corrected chi connectivity index (χ1v) is 4.21.